The van der Waals surface area contributed by atoms with Crippen molar-refractivity contribution in [1.82, 2.24) is 0 Å². The molecule has 0 amide bonds. The van der Waals surface area contributed by atoms with E-state index in [1.165, 1.54) is 0 Å². The zero-order valence-electron chi connectivity index (χ0n) is 5.84. The molecular formula is C9H7ClO. The highest BCUT2D eigenvalue weighted by atomic mass is 35.5. The van der Waals surface area contributed by atoms with E-state index in [4.69, 9.17) is 16.7 Å². The van der Waals surface area contributed by atoms with Crippen molar-refractivity contribution in [2.75, 3.05) is 0 Å². The van der Waals surface area contributed by atoms with Crippen molar-refractivity contribution in [2.45, 2.75) is 6.61 Å². The summed E-state index contributed by atoms with van der Waals surface area (Å²) < 4.78 is 0. The molecule has 0 aliphatic heterocycles. The predicted octanol–water partition coefficient (Wildman–Crippen LogP) is 1.73. The highest BCUT2D eigenvalue weighted by Gasteiger charge is 1.94. The van der Waals surface area contributed by atoms with Crippen LogP contribution in [0.4, 0.5) is 0 Å². The van der Waals surface area contributed by atoms with Gasteiger partial charge in [-0.1, -0.05) is 18.2 Å². The Balaban J connectivity index is 3.09. The van der Waals surface area contributed by atoms with Crippen molar-refractivity contribution >= 4 is 11.6 Å². The van der Waals surface area contributed by atoms with Crippen LogP contribution in [0.15, 0.2) is 24.3 Å². The van der Waals surface area contributed by atoms with Gasteiger partial charge in [-0.3, -0.25) is 0 Å². The lowest BCUT2D eigenvalue weighted by molar-refractivity contribution is 0.281. The summed E-state index contributed by atoms with van der Waals surface area (Å²) in [7, 11) is 0. The molecule has 0 aliphatic rings. The van der Waals surface area contributed by atoms with Gasteiger partial charge >= 0.3 is 0 Å². The zero-order chi connectivity index (χ0) is 8.10. The summed E-state index contributed by atoms with van der Waals surface area (Å²) in [6, 6.07) is 7.35. The largest absolute Gasteiger partial charge is 0.392 e. The van der Waals surface area contributed by atoms with E-state index >= 15 is 0 Å². The van der Waals surface area contributed by atoms with Crippen LogP contribution >= 0.6 is 11.6 Å². The molecule has 0 spiro atoms. The Bertz CT molecular complexity index is 296. The van der Waals surface area contributed by atoms with Crippen LogP contribution in [0.3, 0.4) is 0 Å². The Morgan fingerprint density at radius 1 is 1.36 bits per heavy atom. The molecule has 0 aromatic heterocycles. The number of hydrogen-bond acceptors (Lipinski definition) is 1. The molecule has 0 saturated heterocycles. The monoisotopic (exact) mass is 166 g/mol. The minimum absolute atomic E-state index is 0.00173. The van der Waals surface area contributed by atoms with Crippen molar-refractivity contribution in [3.8, 4) is 11.3 Å². The number of rotatable bonds is 1. The third kappa shape index (κ3) is 1.98. The van der Waals surface area contributed by atoms with Gasteiger partial charge < -0.3 is 5.11 Å². The maximum Gasteiger partial charge on any atom is 0.0694 e. The standard InChI is InChI=1S/C9H7ClO/c10-6-5-8-3-1-2-4-9(8)7-11/h1-4,11H,7H2. The van der Waals surface area contributed by atoms with Gasteiger partial charge in [0.05, 0.1) is 6.61 Å². The van der Waals surface area contributed by atoms with Crippen LogP contribution in [0.1, 0.15) is 11.1 Å². The number of aliphatic hydroxyl groups is 1. The first-order chi connectivity index (χ1) is 5.38. The molecule has 56 valence electrons. The minimum Gasteiger partial charge on any atom is -0.392 e. The molecular weight excluding hydrogens is 160 g/mol. The molecule has 11 heavy (non-hydrogen) atoms. The summed E-state index contributed by atoms with van der Waals surface area (Å²) in [5, 5.41) is 11.1. The van der Waals surface area contributed by atoms with Gasteiger partial charge in [-0.05, 0) is 29.2 Å². The topological polar surface area (TPSA) is 20.2 Å². The SMILES string of the molecule is OCc1ccccc1C#CCl. The predicted molar refractivity (Wildman–Crippen MR) is 45.1 cm³/mol. The smallest absolute Gasteiger partial charge is 0.0694 e. The van der Waals surface area contributed by atoms with Gasteiger partial charge in [0.1, 0.15) is 0 Å². The normalized spacial score (nSPS) is 8.55. The van der Waals surface area contributed by atoms with E-state index in [0.29, 0.717) is 0 Å². The maximum atomic E-state index is 8.83. The fourth-order valence-electron chi connectivity index (χ4n) is 0.831. The molecule has 1 nitrogen and oxygen atoms in total. The average molecular weight is 167 g/mol. The minimum atomic E-state index is 0.00173. The maximum absolute atomic E-state index is 8.83. The van der Waals surface area contributed by atoms with Gasteiger partial charge in [0.15, 0.2) is 0 Å². The summed E-state index contributed by atoms with van der Waals surface area (Å²) in [6.07, 6.45) is 0. The Hall–Kier alpha value is -0.970. The van der Waals surface area contributed by atoms with Crippen LogP contribution in [0.25, 0.3) is 0 Å². The summed E-state index contributed by atoms with van der Waals surface area (Å²) in [4.78, 5) is 0. The molecule has 0 heterocycles. The third-order valence-corrected chi connectivity index (χ3v) is 1.46. The van der Waals surface area contributed by atoms with Gasteiger partial charge in [-0.25, -0.2) is 0 Å². The fraction of sp³-hybridized carbons (Fsp3) is 0.111. The van der Waals surface area contributed by atoms with Crippen LogP contribution in [-0.2, 0) is 6.61 Å². The lowest BCUT2D eigenvalue weighted by atomic mass is 10.1. The molecule has 0 bridgehead atoms. The highest BCUT2D eigenvalue weighted by Crippen LogP contribution is 2.06. The second kappa shape index (κ2) is 4.02. The number of aliphatic hydroxyl groups excluding tert-OH is 1. The van der Waals surface area contributed by atoms with Crippen molar-refractivity contribution in [2.24, 2.45) is 0 Å². The Morgan fingerprint density at radius 3 is 2.73 bits per heavy atom. The van der Waals surface area contributed by atoms with Crippen LogP contribution in [0, 0.1) is 11.3 Å². The summed E-state index contributed by atoms with van der Waals surface area (Å²) in [5.41, 5.74) is 1.59. The van der Waals surface area contributed by atoms with E-state index < -0.39 is 0 Å². The van der Waals surface area contributed by atoms with Crippen LogP contribution in [-0.4, -0.2) is 5.11 Å². The molecule has 0 saturated carbocycles. The highest BCUT2D eigenvalue weighted by molar-refractivity contribution is 6.30. The second-order valence-corrected chi connectivity index (χ2v) is 2.22. The van der Waals surface area contributed by atoms with E-state index in [9.17, 15) is 0 Å². The van der Waals surface area contributed by atoms with Crippen molar-refractivity contribution in [3.63, 3.8) is 0 Å². The number of benzene rings is 1. The molecule has 0 radical (unpaired) electrons. The summed E-state index contributed by atoms with van der Waals surface area (Å²) in [5.74, 6) is 2.68. The molecule has 1 aromatic rings. The van der Waals surface area contributed by atoms with Gasteiger partial charge in [-0.15, -0.1) is 0 Å². The average Bonchev–Trinajstić information content (AvgIpc) is 2.06. The van der Waals surface area contributed by atoms with Crippen molar-refractivity contribution in [1.29, 1.82) is 0 Å². The van der Waals surface area contributed by atoms with E-state index in [-0.39, 0.29) is 6.61 Å². The van der Waals surface area contributed by atoms with Crippen molar-refractivity contribution < 1.29 is 5.11 Å². The van der Waals surface area contributed by atoms with E-state index in [1.807, 2.05) is 24.3 Å². The second-order valence-electron chi connectivity index (χ2n) is 2.03. The lowest BCUT2D eigenvalue weighted by Crippen LogP contribution is -1.87. The van der Waals surface area contributed by atoms with Crippen LogP contribution in [0.2, 0.25) is 0 Å². The molecule has 0 atom stereocenters. The summed E-state index contributed by atoms with van der Waals surface area (Å²) in [6.45, 7) is 0.00173. The first-order valence-corrected chi connectivity index (χ1v) is 3.56. The Morgan fingerprint density at radius 2 is 2.09 bits per heavy atom. The van der Waals surface area contributed by atoms with E-state index in [2.05, 4.69) is 11.3 Å². The molecule has 1 N–H and O–H groups in total. The van der Waals surface area contributed by atoms with Gasteiger partial charge in [-0.2, -0.15) is 0 Å². The van der Waals surface area contributed by atoms with Crippen LogP contribution < -0.4 is 0 Å². The van der Waals surface area contributed by atoms with Crippen LogP contribution in [0.5, 0.6) is 0 Å². The quantitative estimate of drug-likeness (QED) is 0.630. The first-order valence-electron chi connectivity index (χ1n) is 3.19. The molecule has 1 rings (SSSR count). The van der Waals surface area contributed by atoms with Gasteiger partial charge in [0.25, 0.3) is 0 Å². The van der Waals surface area contributed by atoms with E-state index in [1.54, 1.807) is 0 Å². The number of hydrogen-bond donors (Lipinski definition) is 1. The first kappa shape index (κ1) is 8.13. The Kier molecular flexibility index (Phi) is 2.97. The molecule has 0 unspecified atom stereocenters. The zero-order valence-corrected chi connectivity index (χ0v) is 6.60. The third-order valence-electron chi connectivity index (χ3n) is 1.37. The molecule has 1 aromatic carbocycles. The molecule has 2 heteroatoms. The number of halogens is 1. The summed E-state index contributed by atoms with van der Waals surface area (Å²) >= 11 is 5.22. The molecule has 0 aliphatic carbocycles. The Labute approximate surface area is 70.6 Å². The molecule has 0 fully saturated rings. The van der Waals surface area contributed by atoms with Gasteiger partial charge in [0.2, 0.25) is 0 Å². The van der Waals surface area contributed by atoms with Gasteiger partial charge in [0, 0.05) is 10.9 Å². The van der Waals surface area contributed by atoms with E-state index in [0.717, 1.165) is 11.1 Å². The van der Waals surface area contributed by atoms with Crippen molar-refractivity contribution in [3.05, 3.63) is 35.4 Å². The fourth-order valence-corrected chi connectivity index (χ4v) is 0.933. The lowest BCUT2D eigenvalue weighted by Gasteiger charge is -1.97.